The standard InChI is InChI=1S/C14H16F10O2Si2/c1-27(25,5-3-13(19,20)21)11-8(16)7(15)9(17)12(10(11)18)28(2,26)6-4-14(22,23)24/h25-26H,3-6H2,1-2H3. The van der Waals surface area contributed by atoms with Gasteiger partial charge in [-0.15, -0.1) is 0 Å². The molecule has 0 aromatic heterocycles. The lowest BCUT2D eigenvalue weighted by Crippen LogP contribution is -2.58. The zero-order valence-corrected chi connectivity index (χ0v) is 16.5. The fourth-order valence-corrected chi connectivity index (χ4v) is 7.13. The average Bonchev–Trinajstić information content (AvgIpc) is 2.47. The molecule has 0 fully saturated rings. The molecule has 0 saturated carbocycles. The lowest BCUT2D eigenvalue weighted by Gasteiger charge is -2.28. The second-order valence-electron chi connectivity index (χ2n) is 6.78. The van der Waals surface area contributed by atoms with E-state index in [4.69, 9.17) is 0 Å². The van der Waals surface area contributed by atoms with Crippen LogP contribution in [0.25, 0.3) is 0 Å². The predicted octanol–water partition coefficient (Wildman–Crippen LogP) is 3.70. The van der Waals surface area contributed by atoms with Crippen LogP contribution in [0.4, 0.5) is 43.9 Å². The molecule has 2 N–H and O–H groups in total. The molecule has 162 valence electrons. The fraction of sp³-hybridized carbons (Fsp3) is 0.571. The second-order valence-corrected chi connectivity index (χ2v) is 13.9. The first kappa shape index (κ1) is 24.9. The molecular formula is C14H16F10O2Si2. The highest BCUT2D eigenvalue weighted by Gasteiger charge is 2.46. The van der Waals surface area contributed by atoms with Gasteiger partial charge >= 0.3 is 12.4 Å². The summed E-state index contributed by atoms with van der Waals surface area (Å²) in [6.45, 7) is 1.29. The summed E-state index contributed by atoms with van der Waals surface area (Å²) in [7, 11) is -9.38. The van der Waals surface area contributed by atoms with Crippen LogP contribution in [-0.4, -0.2) is 38.6 Å². The van der Waals surface area contributed by atoms with E-state index in [0.717, 1.165) is 0 Å². The van der Waals surface area contributed by atoms with E-state index >= 15 is 0 Å². The van der Waals surface area contributed by atoms with E-state index in [0.29, 0.717) is 13.1 Å². The molecule has 0 amide bonds. The highest BCUT2D eigenvalue weighted by molar-refractivity contribution is 6.87. The second kappa shape index (κ2) is 7.95. The summed E-state index contributed by atoms with van der Waals surface area (Å²) in [5.74, 6) is -8.96. The van der Waals surface area contributed by atoms with Crippen molar-refractivity contribution >= 4 is 27.0 Å². The summed E-state index contributed by atoms with van der Waals surface area (Å²) < 4.78 is 131. The average molecular weight is 462 g/mol. The molecule has 0 aliphatic rings. The molecule has 0 aliphatic heterocycles. The van der Waals surface area contributed by atoms with Crippen LogP contribution >= 0.6 is 0 Å². The van der Waals surface area contributed by atoms with Crippen molar-refractivity contribution in [2.75, 3.05) is 0 Å². The number of benzene rings is 1. The van der Waals surface area contributed by atoms with Gasteiger partial charge in [0.2, 0.25) is 16.6 Å². The Morgan fingerprint density at radius 2 is 0.893 bits per heavy atom. The van der Waals surface area contributed by atoms with Gasteiger partial charge < -0.3 is 9.59 Å². The third-order valence-corrected chi connectivity index (χ3v) is 9.61. The van der Waals surface area contributed by atoms with Gasteiger partial charge in [-0.05, 0) is 25.2 Å². The minimum atomic E-state index is -4.82. The highest BCUT2D eigenvalue weighted by atomic mass is 28.4. The molecule has 0 spiro atoms. The third-order valence-electron chi connectivity index (χ3n) is 4.13. The van der Waals surface area contributed by atoms with E-state index in [2.05, 4.69) is 0 Å². The lowest BCUT2D eigenvalue weighted by molar-refractivity contribution is -0.131. The Morgan fingerprint density at radius 3 is 1.14 bits per heavy atom. The largest absolute Gasteiger partial charge is 0.427 e. The van der Waals surface area contributed by atoms with Gasteiger partial charge in [-0.25, -0.2) is 17.6 Å². The van der Waals surface area contributed by atoms with Gasteiger partial charge in [-0.1, -0.05) is 0 Å². The third kappa shape index (κ3) is 5.94. The van der Waals surface area contributed by atoms with Crippen molar-refractivity contribution in [2.45, 2.75) is 50.4 Å². The first-order valence-electron chi connectivity index (χ1n) is 7.75. The Kier molecular flexibility index (Phi) is 7.07. The summed E-state index contributed by atoms with van der Waals surface area (Å²) >= 11 is 0. The smallest absolute Gasteiger partial charge is 0.388 e. The van der Waals surface area contributed by atoms with Crippen molar-refractivity contribution in [3.8, 4) is 0 Å². The van der Waals surface area contributed by atoms with Crippen LogP contribution in [0.5, 0.6) is 0 Å². The first-order valence-corrected chi connectivity index (χ1v) is 13.1. The van der Waals surface area contributed by atoms with Crippen molar-refractivity contribution in [1.29, 1.82) is 0 Å². The maximum Gasteiger partial charge on any atom is 0.388 e. The van der Waals surface area contributed by atoms with Crippen molar-refractivity contribution in [3.63, 3.8) is 0 Å². The quantitative estimate of drug-likeness (QED) is 0.293. The van der Waals surface area contributed by atoms with Crippen LogP contribution in [0.1, 0.15) is 12.8 Å². The van der Waals surface area contributed by atoms with Crippen LogP contribution in [0.15, 0.2) is 0 Å². The summed E-state index contributed by atoms with van der Waals surface area (Å²) in [5, 5.41) is -3.10. The highest BCUT2D eigenvalue weighted by Crippen LogP contribution is 2.29. The van der Waals surface area contributed by atoms with Gasteiger partial charge in [0.1, 0.15) is 5.82 Å². The maximum atomic E-state index is 14.7. The molecule has 2 atom stereocenters. The number of rotatable bonds is 6. The van der Waals surface area contributed by atoms with Crippen molar-refractivity contribution in [3.05, 3.63) is 23.3 Å². The minimum Gasteiger partial charge on any atom is -0.427 e. The molecule has 14 heteroatoms. The molecule has 0 aliphatic carbocycles. The number of hydrogen-bond donors (Lipinski definition) is 2. The van der Waals surface area contributed by atoms with Crippen LogP contribution in [0.3, 0.4) is 0 Å². The van der Waals surface area contributed by atoms with Crippen molar-refractivity contribution < 1.29 is 53.5 Å². The molecule has 0 bridgehead atoms. The normalized spacial score (nSPS) is 17.4. The Bertz CT molecular complexity index is 671. The summed E-state index contributed by atoms with van der Waals surface area (Å²) in [6.07, 6.45) is -13.0. The lowest BCUT2D eigenvalue weighted by atomic mass is 10.3. The molecule has 2 nitrogen and oxygen atoms in total. The number of hydrogen-bond acceptors (Lipinski definition) is 2. The maximum absolute atomic E-state index is 14.7. The number of halogens is 10. The van der Waals surface area contributed by atoms with Crippen molar-refractivity contribution in [1.82, 2.24) is 0 Å². The van der Waals surface area contributed by atoms with Gasteiger partial charge in [0.05, 0.1) is 0 Å². The van der Waals surface area contributed by atoms with E-state index in [1.54, 1.807) is 0 Å². The van der Waals surface area contributed by atoms with E-state index in [9.17, 15) is 53.5 Å². The van der Waals surface area contributed by atoms with E-state index in [1.165, 1.54) is 0 Å². The van der Waals surface area contributed by atoms with Gasteiger partial charge in [-0.2, -0.15) is 26.3 Å². The summed E-state index contributed by atoms with van der Waals surface area (Å²) in [5.41, 5.74) is 0. The Morgan fingerprint density at radius 1 is 0.607 bits per heavy atom. The Balaban J connectivity index is 3.54. The molecule has 0 heterocycles. The van der Waals surface area contributed by atoms with E-state index < -0.39 is 87.6 Å². The fourth-order valence-electron chi connectivity index (χ4n) is 2.60. The molecule has 1 aromatic rings. The summed E-state index contributed by atoms with van der Waals surface area (Å²) in [6, 6.07) is -2.41. The molecule has 28 heavy (non-hydrogen) atoms. The monoisotopic (exact) mass is 462 g/mol. The topological polar surface area (TPSA) is 40.5 Å². The molecule has 0 saturated heterocycles. The minimum absolute atomic E-state index is 0.646. The zero-order chi connectivity index (χ0) is 22.3. The van der Waals surface area contributed by atoms with Crippen molar-refractivity contribution in [2.24, 2.45) is 0 Å². The molecule has 2 unspecified atom stereocenters. The number of alkyl halides is 6. The van der Waals surface area contributed by atoms with Crippen LogP contribution in [-0.2, 0) is 0 Å². The van der Waals surface area contributed by atoms with E-state index in [-0.39, 0.29) is 0 Å². The molecule has 1 aromatic carbocycles. The molecule has 1 rings (SSSR count). The Labute approximate surface area is 155 Å². The Hall–Kier alpha value is -1.13. The molecular weight excluding hydrogens is 446 g/mol. The van der Waals surface area contributed by atoms with Crippen LogP contribution in [0, 0.1) is 23.3 Å². The SMILES string of the molecule is C[Si](O)(CCC(F)(F)F)c1c(F)c(F)c(F)c([Si](C)(O)CCC(F)(F)F)c1F. The van der Waals surface area contributed by atoms with Gasteiger partial charge in [0.15, 0.2) is 17.5 Å². The van der Waals surface area contributed by atoms with E-state index in [1.807, 2.05) is 0 Å². The van der Waals surface area contributed by atoms with Gasteiger partial charge in [0, 0.05) is 23.2 Å². The van der Waals surface area contributed by atoms with Crippen LogP contribution in [0.2, 0.25) is 25.2 Å². The predicted molar refractivity (Wildman–Crippen MR) is 84.2 cm³/mol. The zero-order valence-electron chi connectivity index (χ0n) is 14.5. The van der Waals surface area contributed by atoms with Gasteiger partial charge in [0.25, 0.3) is 0 Å². The first-order chi connectivity index (χ1) is 12.3. The summed E-state index contributed by atoms with van der Waals surface area (Å²) in [4.78, 5) is 20.4. The van der Waals surface area contributed by atoms with Gasteiger partial charge in [-0.3, -0.25) is 0 Å². The molecule has 0 radical (unpaired) electrons. The van der Waals surface area contributed by atoms with Crippen LogP contribution < -0.4 is 10.4 Å².